The predicted octanol–water partition coefficient (Wildman–Crippen LogP) is 3.38. The number of hydrogen-bond donors (Lipinski definition) is 1. The maximum Gasteiger partial charge on any atom is 0.338 e. The molecule has 2 aromatic carbocycles. The lowest BCUT2D eigenvalue weighted by atomic mass is 10.2. The number of nitrogens with zero attached hydrogens (tertiary/aromatic N) is 3. The first-order chi connectivity index (χ1) is 14.1. The minimum Gasteiger partial charge on any atom is -0.452 e. The smallest absolute Gasteiger partial charge is 0.338 e. The van der Waals surface area contributed by atoms with Gasteiger partial charge in [0.15, 0.2) is 6.61 Å². The Hall–Kier alpha value is -3.68. The van der Waals surface area contributed by atoms with Gasteiger partial charge in [-0.1, -0.05) is 23.3 Å². The zero-order valence-electron chi connectivity index (χ0n) is 16.3. The van der Waals surface area contributed by atoms with E-state index < -0.39 is 18.5 Å². The van der Waals surface area contributed by atoms with Gasteiger partial charge in [0.05, 0.1) is 5.56 Å². The number of hydrogen-bond acceptors (Lipinski definition) is 7. The fraction of sp³-hybridized carbons (Fsp3) is 0.238. The van der Waals surface area contributed by atoms with Crippen molar-refractivity contribution in [2.24, 2.45) is 0 Å². The quantitative estimate of drug-likeness (QED) is 0.585. The molecule has 0 bridgehead atoms. The first-order valence-electron chi connectivity index (χ1n) is 9.31. The first kappa shape index (κ1) is 20.1. The Bertz CT molecular complexity index is 950. The summed E-state index contributed by atoms with van der Waals surface area (Å²) in [6.07, 6.45) is 0. The monoisotopic (exact) mass is 394 g/mol. The average Bonchev–Trinajstić information content (AvgIpc) is 3.22. The minimum atomic E-state index is -0.582. The third kappa shape index (κ3) is 5.19. The molecule has 1 amide bonds. The average molecular weight is 394 g/mol. The molecule has 1 N–H and O–H groups in total. The van der Waals surface area contributed by atoms with E-state index in [0.717, 1.165) is 24.3 Å². The second-order valence-corrected chi connectivity index (χ2v) is 6.12. The molecular formula is C21H22N4O4. The van der Waals surface area contributed by atoms with E-state index in [1.54, 1.807) is 12.1 Å². The summed E-state index contributed by atoms with van der Waals surface area (Å²) in [4.78, 5) is 26.3. The second kappa shape index (κ2) is 9.50. The fourth-order valence-electron chi connectivity index (χ4n) is 2.74. The third-order valence-electron chi connectivity index (χ3n) is 4.26. The van der Waals surface area contributed by atoms with Crippen molar-refractivity contribution in [1.82, 2.24) is 10.2 Å². The lowest BCUT2D eigenvalue weighted by Crippen LogP contribution is -2.22. The molecule has 150 valence electrons. The van der Waals surface area contributed by atoms with Gasteiger partial charge in [-0.05, 0) is 50.2 Å². The first-order valence-corrected chi connectivity index (χ1v) is 9.31. The van der Waals surface area contributed by atoms with Crippen LogP contribution in [0.25, 0.3) is 11.5 Å². The van der Waals surface area contributed by atoms with Crippen molar-refractivity contribution in [2.75, 3.05) is 29.9 Å². The summed E-state index contributed by atoms with van der Waals surface area (Å²) in [6.45, 7) is 5.43. The van der Waals surface area contributed by atoms with Crippen molar-refractivity contribution < 1.29 is 18.7 Å². The molecule has 3 aromatic rings. The van der Waals surface area contributed by atoms with Crippen LogP contribution in [0, 0.1) is 0 Å². The number of esters is 1. The highest BCUT2D eigenvalue weighted by Gasteiger charge is 2.14. The van der Waals surface area contributed by atoms with Crippen LogP contribution < -0.4 is 10.2 Å². The molecule has 8 heteroatoms. The van der Waals surface area contributed by atoms with Gasteiger partial charge in [0, 0.05) is 24.3 Å². The van der Waals surface area contributed by atoms with Gasteiger partial charge in [-0.25, -0.2) is 4.79 Å². The summed E-state index contributed by atoms with van der Waals surface area (Å²) >= 11 is 0. The molecule has 3 rings (SSSR count). The van der Waals surface area contributed by atoms with Crippen LogP contribution in [0.2, 0.25) is 0 Å². The molecule has 0 saturated carbocycles. The highest BCUT2D eigenvalue weighted by molar-refractivity contribution is 5.94. The normalized spacial score (nSPS) is 10.4. The van der Waals surface area contributed by atoms with Gasteiger partial charge in [0.25, 0.3) is 5.91 Å². The number of amides is 1. The highest BCUT2D eigenvalue weighted by Crippen LogP contribution is 2.19. The number of ether oxygens (including phenoxy) is 1. The zero-order chi connectivity index (χ0) is 20.6. The summed E-state index contributed by atoms with van der Waals surface area (Å²) in [5.41, 5.74) is 2.13. The SMILES string of the molecule is CCN(CC)c1ccc(C(=O)OCC(=O)Nc2nnc(-c3ccccc3)o2)cc1. The lowest BCUT2D eigenvalue weighted by Gasteiger charge is -2.20. The molecular weight excluding hydrogens is 372 g/mol. The molecule has 0 atom stereocenters. The van der Waals surface area contributed by atoms with E-state index in [1.165, 1.54) is 0 Å². The Morgan fingerprint density at radius 2 is 1.69 bits per heavy atom. The standard InChI is InChI=1S/C21H22N4O4/c1-3-25(4-2)17-12-10-16(11-13-17)20(27)28-14-18(26)22-21-24-23-19(29-21)15-8-6-5-7-9-15/h5-13H,3-4,14H2,1-2H3,(H,22,24,26). The van der Waals surface area contributed by atoms with Crippen molar-refractivity contribution >= 4 is 23.6 Å². The molecule has 0 aliphatic heterocycles. The summed E-state index contributed by atoms with van der Waals surface area (Å²) in [6, 6.07) is 16.2. The molecule has 1 heterocycles. The summed E-state index contributed by atoms with van der Waals surface area (Å²) in [5.74, 6) is -0.866. The Kier molecular flexibility index (Phi) is 6.57. The molecule has 0 spiro atoms. The molecule has 0 aliphatic rings. The van der Waals surface area contributed by atoms with Gasteiger partial charge < -0.3 is 14.1 Å². The third-order valence-corrected chi connectivity index (χ3v) is 4.26. The molecule has 0 saturated heterocycles. The summed E-state index contributed by atoms with van der Waals surface area (Å²) in [5, 5.41) is 10.1. The van der Waals surface area contributed by atoms with Gasteiger partial charge in [-0.3, -0.25) is 10.1 Å². The maximum atomic E-state index is 12.1. The molecule has 8 nitrogen and oxygen atoms in total. The Labute approximate surface area is 168 Å². The van der Waals surface area contributed by atoms with Gasteiger partial charge in [0.2, 0.25) is 5.89 Å². The number of benzene rings is 2. The van der Waals surface area contributed by atoms with Crippen molar-refractivity contribution in [3.63, 3.8) is 0 Å². The molecule has 0 fully saturated rings. The summed E-state index contributed by atoms with van der Waals surface area (Å²) in [7, 11) is 0. The van der Waals surface area contributed by atoms with Gasteiger partial charge >= 0.3 is 12.0 Å². The Morgan fingerprint density at radius 1 is 1.00 bits per heavy atom. The van der Waals surface area contributed by atoms with Gasteiger partial charge in [-0.2, -0.15) is 0 Å². The molecule has 0 radical (unpaired) electrons. The van der Waals surface area contributed by atoms with Gasteiger partial charge in [-0.15, -0.1) is 5.10 Å². The minimum absolute atomic E-state index is 0.0616. The fourth-order valence-corrected chi connectivity index (χ4v) is 2.74. The van der Waals surface area contributed by atoms with E-state index >= 15 is 0 Å². The number of carbonyl (C=O) groups excluding carboxylic acids is 2. The van der Waals surface area contributed by atoms with E-state index in [1.807, 2.05) is 42.5 Å². The van der Waals surface area contributed by atoms with Crippen LogP contribution in [0.5, 0.6) is 0 Å². The van der Waals surface area contributed by atoms with Crippen LogP contribution in [-0.4, -0.2) is 41.8 Å². The van der Waals surface area contributed by atoms with Crippen molar-refractivity contribution in [1.29, 1.82) is 0 Å². The number of carbonyl (C=O) groups is 2. The molecule has 0 unspecified atom stereocenters. The second-order valence-electron chi connectivity index (χ2n) is 6.12. The largest absolute Gasteiger partial charge is 0.452 e. The van der Waals surface area contributed by atoms with Crippen molar-refractivity contribution in [3.8, 4) is 11.5 Å². The van der Waals surface area contributed by atoms with Crippen LogP contribution in [-0.2, 0) is 9.53 Å². The number of nitrogens with one attached hydrogen (secondary N) is 1. The van der Waals surface area contributed by atoms with Gasteiger partial charge in [0.1, 0.15) is 0 Å². The highest BCUT2D eigenvalue weighted by atomic mass is 16.5. The Balaban J connectivity index is 1.51. The van der Waals surface area contributed by atoms with Crippen LogP contribution >= 0.6 is 0 Å². The topological polar surface area (TPSA) is 97.6 Å². The van der Waals surface area contributed by atoms with Crippen LogP contribution in [0.4, 0.5) is 11.7 Å². The number of rotatable bonds is 8. The van der Waals surface area contributed by atoms with Crippen molar-refractivity contribution in [2.45, 2.75) is 13.8 Å². The lowest BCUT2D eigenvalue weighted by molar-refractivity contribution is -0.119. The number of aromatic nitrogens is 2. The molecule has 1 aromatic heterocycles. The molecule has 0 aliphatic carbocycles. The Morgan fingerprint density at radius 3 is 2.34 bits per heavy atom. The van der Waals surface area contributed by atoms with E-state index in [4.69, 9.17) is 9.15 Å². The van der Waals surface area contributed by atoms with Crippen LogP contribution in [0.1, 0.15) is 24.2 Å². The van der Waals surface area contributed by atoms with E-state index in [0.29, 0.717) is 5.56 Å². The van der Waals surface area contributed by atoms with Crippen LogP contribution in [0.3, 0.4) is 0 Å². The molecule has 29 heavy (non-hydrogen) atoms. The summed E-state index contributed by atoms with van der Waals surface area (Å²) < 4.78 is 10.4. The van der Waals surface area contributed by atoms with E-state index in [2.05, 4.69) is 34.3 Å². The van der Waals surface area contributed by atoms with Crippen molar-refractivity contribution in [3.05, 3.63) is 60.2 Å². The van der Waals surface area contributed by atoms with E-state index in [-0.39, 0.29) is 11.9 Å². The maximum absolute atomic E-state index is 12.1. The van der Waals surface area contributed by atoms with E-state index in [9.17, 15) is 9.59 Å². The number of anilines is 2. The van der Waals surface area contributed by atoms with Crippen LogP contribution in [0.15, 0.2) is 59.0 Å². The zero-order valence-corrected chi connectivity index (χ0v) is 16.3. The predicted molar refractivity (Wildman–Crippen MR) is 109 cm³/mol.